The average Bonchev–Trinajstić information content (AvgIpc) is 1.83. The molecule has 0 aliphatic heterocycles. The van der Waals surface area contributed by atoms with Crippen LogP contribution in [0.2, 0.25) is 0 Å². The molecule has 0 aromatic rings. The largest absolute Gasteiger partial charge is 0.329 e. The Kier molecular flexibility index (Phi) is 4.61. The predicted molar refractivity (Wildman–Crippen MR) is 36.5 cm³/mol. The first kappa shape index (κ1) is 7.66. The Morgan fingerprint density at radius 3 is 2.62 bits per heavy atom. The molecule has 48 valence electrons. The van der Waals surface area contributed by atoms with Gasteiger partial charge in [0.05, 0.1) is 0 Å². The van der Waals surface area contributed by atoms with Crippen molar-refractivity contribution in [1.29, 1.82) is 0 Å². The van der Waals surface area contributed by atoms with Crippen molar-refractivity contribution >= 4 is 0 Å². The highest BCUT2D eigenvalue weighted by molar-refractivity contribution is 4.90. The van der Waals surface area contributed by atoms with E-state index < -0.39 is 0 Å². The van der Waals surface area contributed by atoms with Gasteiger partial charge in [0.1, 0.15) is 0 Å². The summed E-state index contributed by atoms with van der Waals surface area (Å²) in [5.41, 5.74) is 10.7. The van der Waals surface area contributed by atoms with Gasteiger partial charge >= 0.3 is 0 Å². The fraction of sp³-hybridized carbons (Fsp3) is 0.667. The topological polar surface area (TPSA) is 52.0 Å². The van der Waals surface area contributed by atoms with Crippen LogP contribution in [0.5, 0.6) is 0 Å². The molecule has 2 heteroatoms. The molecule has 0 rings (SSSR count). The van der Waals surface area contributed by atoms with Crippen LogP contribution in [0.4, 0.5) is 0 Å². The lowest BCUT2D eigenvalue weighted by Crippen LogP contribution is -2.26. The minimum atomic E-state index is 0.0509. The van der Waals surface area contributed by atoms with Crippen molar-refractivity contribution in [3.05, 3.63) is 12.2 Å². The van der Waals surface area contributed by atoms with Crippen molar-refractivity contribution < 1.29 is 0 Å². The average molecular weight is 114 g/mol. The van der Waals surface area contributed by atoms with E-state index in [1.807, 2.05) is 12.2 Å². The molecule has 0 fully saturated rings. The number of rotatable bonds is 3. The van der Waals surface area contributed by atoms with E-state index in [4.69, 9.17) is 11.5 Å². The standard InChI is InChI=1S/C6H14N2/c1-2-3-4-6(8)5-7/h3-4,6H,2,5,7-8H2,1H3/b4-3+. The lowest BCUT2D eigenvalue weighted by molar-refractivity contribution is 0.819. The second-order valence-electron chi connectivity index (χ2n) is 1.74. The van der Waals surface area contributed by atoms with Crippen LogP contribution < -0.4 is 11.5 Å². The van der Waals surface area contributed by atoms with Crippen LogP contribution in [0.3, 0.4) is 0 Å². The van der Waals surface area contributed by atoms with Crippen LogP contribution in [-0.4, -0.2) is 12.6 Å². The van der Waals surface area contributed by atoms with Crippen LogP contribution in [0, 0.1) is 0 Å². The molecule has 0 heterocycles. The quantitative estimate of drug-likeness (QED) is 0.516. The molecule has 2 nitrogen and oxygen atoms in total. The molecule has 1 unspecified atom stereocenters. The summed E-state index contributed by atoms with van der Waals surface area (Å²) in [4.78, 5) is 0. The molecule has 0 aromatic carbocycles. The van der Waals surface area contributed by atoms with Crippen LogP contribution in [0.25, 0.3) is 0 Å². The maximum atomic E-state index is 5.45. The van der Waals surface area contributed by atoms with E-state index in [0.29, 0.717) is 6.54 Å². The van der Waals surface area contributed by atoms with Gasteiger partial charge in [-0.15, -0.1) is 0 Å². The normalized spacial score (nSPS) is 14.9. The Balaban J connectivity index is 3.21. The van der Waals surface area contributed by atoms with Gasteiger partial charge in [0.25, 0.3) is 0 Å². The van der Waals surface area contributed by atoms with Crippen LogP contribution >= 0.6 is 0 Å². The molecular weight excluding hydrogens is 100 g/mol. The smallest absolute Gasteiger partial charge is 0.0348 e. The summed E-state index contributed by atoms with van der Waals surface area (Å²) in [5.74, 6) is 0. The lowest BCUT2D eigenvalue weighted by Gasteiger charge is -1.97. The van der Waals surface area contributed by atoms with Gasteiger partial charge in [-0.2, -0.15) is 0 Å². The Bertz CT molecular complexity index is 68.9. The molecule has 0 aliphatic carbocycles. The summed E-state index contributed by atoms with van der Waals surface area (Å²) in [5, 5.41) is 0. The first-order valence-corrected chi connectivity index (χ1v) is 2.93. The highest BCUT2D eigenvalue weighted by Crippen LogP contribution is 1.81. The van der Waals surface area contributed by atoms with Crippen molar-refractivity contribution in [2.75, 3.05) is 6.54 Å². The van der Waals surface area contributed by atoms with E-state index in [-0.39, 0.29) is 6.04 Å². The summed E-state index contributed by atoms with van der Waals surface area (Å²) >= 11 is 0. The van der Waals surface area contributed by atoms with Crippen molar-refractivity contribution in [1.82, 2.24) is 0 Å². The second kappa shape index (κ2) is 4.81. The number of hydrogen-bond donors (Lipinski definition) is 2. The molecule has 0 aromatic heterocycles. The lowest BCUT2D eigenvalue weighted by atomic mass is 10.3. The molecule has 8 heavy (non-hydrogen) atoms. The second-order valence-corrected chi connectivity index (χ2v) is 1.74. The maximum absolute atomic E-state index is 5.45. The van der Waals surface area contributed by atoms with Gasteiger partial charge in [-0.1, -0.05) is 19.1 Å². The zero-order chi connectivity index (χ0) is 6.41. The third kappa shape index (κ3) is 3.84. The molecule has 0 saturated heterocycles. The molecule has 1 atom stereocenters. The molecule has 0 radical (unpaired) electrons. The summed E-state index contributed by atoms with van der Waals surface area (Å²) in [6.45, 7) is 2.61. The molecular formula is C6H14N2. The Labute approximate surface area is 50.6 Å². The highest BCUT2D eigenvalue weighted by atomic mass is 14.7. The van der Waals surface area contributed by atoms with Gasteiger partial charge in [0.15, 0.2) is 0 Å². The van der Waals surface area contributed by atoms with Gasteiger partial charge in [0.2, 0.25) is 0 Å². The fourth-order valence-electron chi connectivity index (χ4n) is 0.389. The van der Waals surface area contributed by atoms with Gasteiger partial charge in [-0.25, -0.2) is 0 Å². The molecule has 0 aliphatic rings. The Hall–Kier alpha value is -0.340. The van der Waals surface area contributed by atoms with Gasteiger partial charge < -0.3 is 11.5 Å². The van der Waals surface area contributed by atoms with Crippen LogP contribution in [-0.2, 0) is 0 Å². The van der Waals surface area contributed by atoms with E-state index in [2.05, 4.69) is 6.92 Å². The molecule has 0 amide bonds. The Morgan fingerprint density at radius 1 is 1.62 bits per heavy atom. The summed E-state index contributed by atoms with van der Waals surface area (Å²) in [7, 11) is 0. The predicted octanol–water partition coefficient (Wildman–Crippen LogP) is 0.239. The van der Waals surface area contributed by atoms with Crippen molar-refractivity contribution in [3.63, 3.8) is 0 Å². The summed E-state index contributed by atoms with van der Waals surface area (Å²) in [6, 6.07) is 0.0509. The zero-order valence-electron chi connectivity index (χ0n) is 5.30. The summed E-state index contributed by atoms with van der Waals surface area (Å²) < 4.78 is 0. The van der Waals surface area contributed by atoms with Crippen molar-refractivity contribution in [2.45, 2.75) is 19.4 Å². The van der Waals surface area contributed by atoms with Gasteiger partial charge in [-0.05, 0) is 6.42 Å². The minimum Gasteiger partial charge on any atom is -0.329 e. The van der Waals surface area contributed by atoms with E-state index in [1.165, 1.54) is 0 Å². The van der Waals surface area contributed by atoms with E-state index in [1.54, 1.807) is 0 Å². The third-order valence-corrected chi connectivity index (χ3v) is 0.891. The fourth-order valence-corrected chi connectivity index (χ4v) is 0.389. The van der Waals surface area contributed by atoms with E-state index in [9.17, 15) is 0 Å². The number of hydrogen-bond acceptors (Lipinski definition) is 2. The molecule has 0 spiro atoms. The summed E-state index contributed by atoms with van der Waals surface area (Å²) in [6.07, 6.45) is 4.99. The first-order valence-electron chi connectivity index (χ1n) is 2.93. The van der Waals surface area contributed by atoms with Crippen LogP contribution in [0.1, 0.15) is 13.3 Å². The number of allylic oxidation sites excluding steroid dienone is 1. The first-order chi connectivity index (χ1) is 3.81. The molecule has 0 saturated carbocycles. The highest BCUT2D eigenvalue weighted by Gasteiger charge is 1.87. The van der Waals surface area contributed by atoms with Crippen LogP contribution in [0.15, 0.2) is 12.2 Å². The third-order valence-electron chi connectivity index (χ3n) is 0.891. The van der Waals surface area contributed by atoms with E-state index in [0.717, 1.165) is 6.42 Å². The van der Waals surface area contributed by atoms with Gasteiger partial charge in [-0.3, -0.25) is 0 Å². The zero-order valence-corrected chi connectivity index (χ0v) is 5.30. The molecule has 4 N–H and O–H groups in total. The monoisotopic (exact) mass is 114 g/mol. The minimum absolute atomic E-state index is 0.0509. The SMILES string of the molecule is CC/C=C/C(N)CN. The van der Waals surface area contributed by atoms with Crippen molar-refractivity contribution in [2.24, 2.45) is 11.5 Å². The number of nitrogens with two attached hydrogens (primary N) is 2. The maximum Gasteiger partial charge on any atom is 0.0348 e. The Morgan fingerprint density at radius 2 is 2.25 bits per heavy atom. The van der Waals surface area contributed by atoms with Gasteiger partial charge in [0, 0.05) is 12.6 Å². The van der Waals surface area contributed by atoms with E-state index >= 15 is 0 Å². The molecule has 0 bridgehead atoms. The van der Waals surface area contributed by atoms with Crippen molar-refractivity contribution in [3.8, 4) is 0 Å².